The summed E-state index contributed by atoms with van der Waals surface area (Å²) in [6.45, 7) is 1.01. The fraction of sp³-hybridized carbons (Fsp3) is 0.154. The molecular formula is C26H22ClN3O4. The number of rotatable bonds is 6. The average Bonchev–Trinajstić information content (AvgIpc) is 2.86. The van der Waals surface area contributed by atoms with Crippen LogP contribution in [0.4, 0.5) is 11.4 Å². The summed E-state index contributed by atoms with van der Waals surface area (Å²) in [5.74, 6) is 0.805. The van der Waals surface area contributed by atoms with Crippen LogP contribution in [-0.2, 0) is 17.9 Å². The minimum atomic E-state index is -0.362. The van der Waals surface area contributed by atoms with E-state index < -0.39 is 0 Å². The van der Waals surface area contributed by atoms with Crippen molar-refractivity contribution in [3.05, 3.63) is 93.7 Å². The first-order valence-electron chi connectivity index (χ1n) is 10.9. The van der Waals surface area contributed by atoms with Gasteiger partial charge in [0, 0.05) is 29.2 Å². The number of hydrogen-bond acceptors (Lipinski definition) is 5. The van der Waals surface area contributed by atoms with Gasteiger partial charge < -0.3 is 20.1 Å². The van der Waals surface area contributed by atoms with Gasteiger partial charge in [0.15, 0.2) is 11.5 Å². The van der Waals surface area contributed by atoms with Gasteiger partial charge in [-0.15, -0.1) is 0 Å². The molecule has 7 nitrogen and oxygen atoms in total. The van der Waals surface area contributed by atoms with Crippen LogP contribution in [0.5, 0.6) is 11.5 Å². The molecular weight excluding hydrogens is 454 g/mol. The molecule has 8 heteroatoms. The number of aromatic nitrogens is 1. The van der Waals surface area contributed by atoms with Crippen molar-refractivity contribution in [2.45, 2.75) is 13.1 Å². The highest BCUT2D eigenvalue weighted by atomic mass is 35.5. The van der Waals surface area contributed by atoms with Gasteiger partial charge in [-0.25, -0.2) is 0 Å². The van der Waals surface area contributed by atoms with E-state index in [4.69, 9.17) is 21.1 Å². The van der Waals surface area contributed by atoms with E-state index in [0.29, 0.717) is 53.0 Å². The zero-order valence-corrected chi connectivity index (χ0v) is 19.0. The Morgan fingerprint density at radius 1 is 0.941 bits per heavy atom. The van der Waals surface area contributed by atoms with E-state index in [2.05, 4.69) is 10.6 Å². The Morgan fingerprint density at radius 2 is 1.65 bits per heavy atom. The first-order valence-corrected chi connectivity index (χ1v) is 11.3. The first kappa shape index (κ1) is 21.9. The van der Waals surface area contributed by atoms with Crippen LogP contribution < -0.4 is 25.7 Å². The molecule has 0 saturated carbocycles. The highest BCUT2D eigenvalue weighted by Crippen LogP contribution is 2.34. The van der Waals surface area contributed by atoms with E-state index in [-0.39, 0.29) is 18.0 Å². The highest BCUT2D eigenvalue weighted by Gasteiger charge is 2.18. The number of nitrogens with zero attached hydrogens (tertiary/aromatic N) is 1. The van der Waals surface area contributed by atoms with Crippen molar-refractivity contribution in [2.24, 2.45) is 0 Å². The van der Waals surface area contributed by atoms with Crippen LogP contribution in [0, 0.1) is 0 Å². The van der Waals surface area contributed by atoms with Crippen molar-refractivity contribution in [2.75, 3.05) is 23.8 Å². The summed E-state index contributed by atoms with van der Waals surface area (Å²) in [5, 5.41) is 7.26. The molecule has 2 heterocycles. The molecule has 2 N–H and O–H groups in total. The first-order chi connectivity index (χ1) is 16.6. The van der Waals surface area contributed by atoms with Gasteiger partial charge in [-0.2, -0.15) is 0 Å². The van der Waals surface area contributed by atoms with Crippen LogP contribution >= 0.6 is 11.6 Å². The number of para-hydroxylation sites is 2. The number of hydrogen-bond donors (Lipinski definition) is 2. The minimum Gasteiger partial charge on any atom is -0.486 e. The molecule has 0 unspecified atom stereocenters. The van der Waals surface area contributed by atoms with Crippen LogP contribution in [0.2, 0.25) is 5.02 Å². The number of amides is 1. The van der Waals surface area contributed by atoms with Gasteiger partial charge in [-0.05, 0) is 36.4 Å². The highest BCUT2D eigenvalue weighted by molar-refractivity contribution is 6.33. The zero-order valence-electron chi connectivity index (χ0n) is 18.2. The summed E-state index contributed by atoms with van der Waals surface area (Å²) in [7, 11) is 0. The molecule has 1 aliphatic heterocycles. The minimum absolute atomic E-state index is 0.181. The molecule has 0 spiro atoms. The van der Waals surface area contributed by atoms with E-state index in [1.165, 1.54) is 4.57 Å². The maximum Gasteiger partial charge on any atom is 0.256 e. The average molecular weight is 476 g/mol. The van der Waals surface area contributed by atoms with E-state index in [0.717, 1.165) is 11.1 Å². The monoisotopic (exact) mass is 475 g/mol. The molecule has 0 atom stereocenters. The SMILES string of the molecule is O=C(Cn1c(=O)c(CNc2ccccc2)cc2cc3c(cc21)OCCO3)Nc1ccccc1Cl. The molecule has 4 aromatic rings. The van der Waals surface area contributed by atoms with Gasteiger partial charge in [-0.3, -0.25) is 14.2 Å². The molecule has 0 radical (unpaired) electrons. The van der Waals surface area contributed by atoms with Crippen molar-refractivity contribution in [3.8, 4) is 11.5 Å². The number of pyridine rings is 1. The van der Waals surface area contributed by atoms with Crippen molar-refractivity contribution >= 4 is 39.8 Å². The van der Waals surface area contributed by atoms with Crippen molar-refractivity contribution in [1.29, 1.82) is 0 Å². The number of fused-ring (bicyclic) bond motifs is 2. The Kier molecular flexibility index (Phi) is 6.10. The molecule has 34 heavy (non-hydrogen) atoms. The normalized spacial score (nSPS) is 12.4. The second kappa shape index (κ2) is 9.49. The smallest absolute Gasteiger partial charge is 0.256 e. The summed E-state index contributed by atoms with van der Waals surface area (Å²) >= 11 is 6.18. The predicted molar refractivity (Wildman–Crippen MR) is 133 cm³/mol. The summed E-state index contributed by atoms with van der Waals surface area (Å²) in [6.07, 6.45) is 0. The largest absolute Gasteiger partial charge is 0.486 e. The van der Waals surface area contributed by atoms with Gasteiger partial charge >= 0.3 is 0 Å². The standard InChI is InChI=1S/C26H22ClN3O4/c27-20-8-4-5-9-21(20)29-25(31)16-30-22-14-24-23(33-10-11-34-24)13-17(22)12-18(26(30)32)15-28-19-6-2-1-3-7-19/h1-9,12-14,28H,10-11,15-16H2,(H,29,31). The Morgan fingerprint density at radius 3 is 2.41 bits per heavy atom. The third-order valence-electron chi connectivity index (χ3n) is 5.54. The fourth-order valence-corrected chi connectivity index (χ4v) is 4.09. The number of halogens is 1. The maximum absolute atomic E-state index is 13.5. The van der Waals surface area contributed by atoms with Crippen LogP contribution in [0.1, 0.15) is 5.56 Å². The fourth-order valence-electron chi connectivity index (χ4n) is 3.91. The lowest BCUT2D eigenvalue weighted by atomic mass is 10.1. The predicted octanol–water partition coefficient (Wildman–Crippen LogP) is 4.68. The number of nitrogens with one attached hydrogen (secondary N) is 2. The maximum atomic E-state index is 13.5. The van der Waals surface area contributed by atoms with Gasteiger partial charge in [-0.1, -0.05) is 41.9 Å². The van der Waals surface area contributed by atoms with Crippen molar-refractivity contribution in [3.63, 3.8) is 0 Å². The molecule has 1 aromatic heterocycles. The van der Waals surface area contributed by atoms with E-state index in [1.54, 1.807) is 30.3 Å². The molecule has 172 valence electrons. The van der Waals surface area contributed by atoms with Gasteiger partial charge in [0.05, 0.1) is 16.2 Å². The van der Waals surface area contributed by atoms with Crippen molar-refractivity contribution in [1.82, 2.24) is 4.57 Å². The molecule has 1 aliphatic rings. The lowest BCUT2D eigenvalue weighted by molar-refractivity contribution is -0.116. The second-order valence-electron chi connectivity index (χ2n) is 7.86. The van der Waals surface area contributed by atoms with Crippen molar-refractivity contribution < 1.29 is 14.3 Å². The third-order valence-corrected chi connectivity index (χ3v) is 5.87. The van der Waals surface area contributed by atoms with Crippen LogP contribution in [0.15, 0.2) is 77.6 Å². The number of benzene rings is 3. The van der Waals surface area contributed by atoms with E-state index in [1.807, 2.05) is 42.5 Å². The number of anilines is 2. The molecule has 3 aromatic carbocycles. The lowest BCUT2D eigenvalue weighted by Crippen LogP contribution is -2.31. The Labute approximate surface area is 200 Å². The number of ether oxygens (including phenoxy) is 2. The molecule has 0 aliphatic carbocycles. The van der Waals surface area contributed by atoms with Gasteiger partial charge in [0.2, 0.25) is 5.91 Å². The van der Waals surface area contributed by atoms with Crippen LogP contribution in [0.3, 0.4) is 0 Å². The third kappa shape index (κ3) is 4.56. The Hall–Kier alpha value is -3.97. The summed E-state index contributed by atoms with van der Waals surface area (Å²) in [5.41, 5.74) is 2.24. The summed E-state index contributed by atoms with van der Waals surface area (Å²) in [4.78, 5) is 26.4. The topological polar surface area (TPSA) is 81.6 Å². The van der Waals surface area contributed by atoms with Crippen LogP contribution in [0.25, 0.3) is 10.9 Å². The van der Waals surface area contributed by atoms with E-state index in [9.17, 15) is 9.59 Å². The molecule has 0 saturated heterocycles. The molecule has 1 amide bonds. The Balaban J connectivity index is 1.53. The van der Waals surface area contributed by atoms with E-state index >= 15 is 0 Å². The van der Waals surface area contributed by atoms with Gasteiger partial charge in [0.1, 0.15) is 19.8 Å². The Bertz CT molecular complexity index is 1420. The molecule has 0 fully saturated rings. The van der Waals surface area contributed by atoms with Gasteiger partial charge in [0.25, 0.3) is 5.56 Å². The molecule has 0 bridgehead atoms. The molecule has 5 rings (SSSR count). The van der Waals surface area contributed by atoms with Crippen LogP contribution in [-0.4, -0.2) is 23.7 Å². The number of carbonyl (C=O) groups excluding carboxylic acids is 1. The summed E-state index contributed by atoms with van der Waals surface area (Å²) in [6, 6.07) is 22.0. The number of carbonyl (C=O) groups is 1. The lowest BCUT2D eigenvalue weighted by Gasteiger charge is -2.21. The zero-order chi connectivity index (χ0) is 23.5. The summed E-state index contributed by atoms with van der Waals surface area (Å²) < 4.78 is 12.9. The quantitative estimate of drug-likeness (QED) is 0.423. The second-order valence-corrected chi connectivity index (χ2v) is 8.27.